The number of nitrogens with zero attached hydrogens (tertiary/aromatic N) is 2. The van der Waals surface area contributed by atoms with Crippen molar-refractivity contribution in [3.05, 3.63) is 65.4 Å². The molecule has 0 aliphatic rings. The first kappa shape index (κ1) is 16.6. The summed E-state index contributed by atoms with van der Waals surface area (Å²) in [4.78, 5) is 15.7. The third-order valence-electron chi connectivity index (χ3n) is 4.25. The van der Waals surface area contributed by atoms with Crippen molar-refractivity contribution in [1.82, 2.24) is 15.2 Å². The van der Waals surface area contributed by atoms with Crippen LogP contribution in [-0.4, -0.2) is 26.7 Å². The molecule has 130 valence electrons. The molecule has 0 aliphatic heterocycles. The van der Waals surface area contributed by atoms with Crippen molar-refractivity contribution >= 4 is 28.4 Å². The number of nitrogens with one attached hydrogen (secondary N) is 1. The predicted molar refractivity (Wildman–Crippen MR) is 103 cm³/mol. The number of rotatable bonds is 5. The molecule has 0 saturated heterocycles. The van der Waals surface area contributed by atoms with Gasteiger partial charge in [0.15, 0.2) is 5.78 Å². The standard InChI is InChI=1S/C20H17N3O2S/c1-12-7-8-13(2)15(9-12)18(24)11-26-20-23-22-19(25-20)16-10-21-17-6-4-3-5-14(16)17/h3-10,21H,11H2,1-2H3. The fourth-order valence-electron chi connectivity index (χ4n) is 2.87. The lowest BCUT2D eigenvalue weighted by atomic mass is 10.0. The van der Waals surface area contributed by atoms with Crippen molar-refractivity contribution in [3.8, 4) is 11.5 Å². The van der Waals surface area contributed by atoms with Crippen molar-refractivity contribution in [2.24, 2.45) is 0 Å². The lowest BCUT2D eigenvalue weighted by Gasteiger charge is -2.04. The van der Waals surface area contributed by atoms with Gasteiger partial charge in [-0.3, -0.25) is 4.79 Å². The van der Waals surface area contributed by atoms with E-state index in [-0.39, 0.29) is 11.5 Å². The topological polar surface area (TPSA) is 71.8 Å². The van der Waals surface area contributed by atoms with Crippen LogP contribution in [0.25, 0.3) is 22.4 Å². The second kappa shape index (κ2) is 6.80. The first-order valence-electron chi connectivity index (χ1n) is 8.25. The van der Waals surface area contributed by atoms with E-state index in [0.717, 1.165) is 33.2 Å². The number of benzene rings is 2. The zero-order chi connectivity index (χ0) is 18.1. The smallest absolute Gasteiger partial charge is 0.277 e. The normalized spacial score (nSPS) is 11.2. The number of H-pyrrole nitrogens is 1. The number of hydrogen-bond acceptors (Lipinski definition) is 5. The van der Waals surface area contributed by atoms with Crippen LogP contribution >= 0.6 is 11.8 Å². The van der Waals surface area contributed by atoms with Crippen LogP contribution < -0.4 is 0 Å². The van der Waals surface area contributed by atoms with Gasteiger partial charge in [-0.1, -0.05) is 47.7 Å². The Hall–Kier alpha value is -2.86. The molecule has 26 heavy (non-hydrogen) atoms. The van der Waals surface area contributed by atoms with E-state index in [2.05, 4.69) is 15.2 Å². The highest BCUT2D eigenvalue weighted by Crippen LogP contribution is 2.29. The van der Waals surface area contributed by atoms with E-state index in [0.29, 0.717) is 11.1 Å². The number of ketones is 1. The highest BCUT2D eigenvalue weighted by atomic mass is 32.2. The van der Waals surface area contributed by atoms with E-state index in [1.165, 1.54) is 11.8 Å². The first-order valence-corrected chi connectivity index (χ1v) is 9.23. The molecule has 0 amide bonds. The number of fused-ring (bicyclic) bond motifs is 1. The molecule has 0 fully saturated rings. The predicted octanol–water partition coefficient (Wildman–Crippen LogP) is 4.81. The Labute approximate surface area is 154 Å². The Morgan fingerprint density at radius 1 is 1.15 bits per heavy atom. The van der Waals surface area contributed by atoms with Gasteiger partial charge in [0.05, 0.1) is 11.3 Å². The summed E-state index contributed by atoms with van der Waals surface area (Å²) in [5.74, 6) is 0.770. The molecule has 0 radical (unpaired) electrons. The Kier molecular flexibility index (Phi) is 4.34. The maximum atomic E-state index is 12.5. The Morgan fingerprint density at radius 3 is 2.88 bits per heavy atom. The summed E-state index contributed by atoms with van der Waals surface area (Å²) in [6.45, 7) is 3.92. The van der Waals surface area contributed by atoms with E-state index < -0.39 is 0 Å². The number of carbonyl (C=O) groups excluding carboxylic acids is 1. The Balaban J connectivity index is 1.50. The van der Waals surface area contributed by atoms with E-state index in [1.807, 2.05) is 62.5 Å². The molecule has 5 nitrogen and oxygen atoms in total. The van der Waals surface area contributed by atoms with Crippen LogP contribution in [0.3, 0.4) is 0 Å². The number of Topliss-reactive ketones (excluding diaryl/α,β-unsaturated/α-hetero) is 1. The third kappa shape index (κ3) is 3.15. The van der Waals surface area contributed by atoms with Crippen molar-refractivity contribution in [1.29, 1.82) is 0 Å². The van der Waals surface area contributed by atoms with Crippen LogP contribution in [0.2, 0.25) is 0 Å². The third-order valence-corrected chi connectivity index (χ3v) is 5.06. The largest absolute Gasteiger partial charge is 0.411 e. The summed E-state index contributed by atoms with van der Waals surface area (Å²) in [7, 11) is 0. The molecule has 0 atom stereocenters. The molecule has 6 heteroatoms. The van der Waals surface area contributed by atoms with Crippen molar-refractivity contribution in [2.75, 3.05) is 5.75 Å². The molecule has 0 bridgehead atoms. The minimum absolute atomic E-state index is 0.0584. The maximum Gasteiger partial charge on any atom is 0.277 e. The van der Waals surface area contributed by atoms with Crippen LogP contribution in [0.5, 0.6) is 0 Å². The molecule has 4 rings (SSSR count). The molecule has 4 aromatic rings. The lowest BCUT2D eigenvalue weighted by molar-refractivity contribution is 0.102. The van der Waals surface area contributed by atoms with Crippen LogP contribution in [0.15, 0.2) is 58.3 Å². The van der Waals surface area contributed by atoms with Crippen molar-refractivity contribution < 1.29 is 9.21 Å². The van der Waals surface area contributed by atoms with E-state index in [4.69, 9.17) is 4.42 Å². The minimum atomic E-state index is 0.0584. The molecule has 0 aliphatic carbocycles. The second-order valence-electron chi connectivity index (χ2n) is 6.15. The number of thioether (sulfide) groups is 1. The number of carbonyl (C=O) groups is 1. The average molecular weight is 363 g/mol. The molecule has 2 heterocycles. The second-order valence-corrected chi connectivity index (χ2v) is 7.08. The zero-order valence-electron chi connectivity index (χ0n) is 14.4. The summed E-state index contributed by atoms with van der Waals surface area (Å²) in [6, 6.07) is 13.8. The van der Waals surface area contributed by atoms with Crippen molar-refractivity contribution in [2.45, 2.75) is 19.1 Å². The van der Waals surface area contributed by atoms with Crippen LogP contribution in [-0.2, 0) is 0 Å². The van der Waals surface area contributed by atoms with Crippen LogP contribution in [0, 0.1) is 13.8 Å². The van der Waals surface area contributed by atoms with Crippen LogP contribution in [0.4, 0.5) is 0 Å². The van der Waals surface area contributed by atoms with E-state index in [9.17, 15) is 4.79 Å². The Morgan fingerprint density at radius 2 is 2.00 bits per heavy atom. The number of hydrogen-bond donors (Lipinski definition) is 1. The van der Waals surface area contributed by atoms with Gasteiger partial charge in [-0.05, 0) is 31.5 Å². The lowest BCUT2D eigenvalue weighted by Crippen LogP contribution is -2.05. The van der Waals surface area contributed by atoms with Crippen LogP contribution in [0.1, 0.15) is 21.5 Å². The SMILES string of the molecule is Cc1ccc(C)c(C(=O)CSc2nnc(-c3c[nH]c4ccccc34)o2)c1. The number of aromatic amines is 1. The molecular formula is C20H17N3O2S. The quantitative estimate of drug-likeness (QED) is 0.407. The Bertz CT molecular complexity index is 1100. The van der Waals surface area contributed by atoms with Gasteiger partial charge in [0.1, 0.15) is 0 Å². The first-order chi connectivity index (χ1) is 12.6. The summed E-state index contributed by atoms with van der Waals surface area (Å²) in [5, 5.41) is 9.61. The van der Waals surface area contributed by atoms with Gasteiger partial charge in [-0.15, -0.1) is 10.2 Å². The van der Waals surface area contributed by atoms with Crippen molar-refractivity contribution in [3.63, 3.8) is 0 Å². The fourth-order valence-corrected chi connectivity index (χ4v) is 3.51. The van der Waals surface area contributed by atoms with E-state index >= 15 is 0 Å². The van der Waals surface area contributed by atoms with Gasteiger partial charge >= 0.3 is 0 Å². The molecule has 2 aromatic heterocycles. The number of para-hydroxylation sites is 1. The van der Waals surface area contributed by atoms with Gasteiger partial charge in [-0.25, -0.2) is 0 Å². The summed E-state index contributed by atoms with van der Waals surface area (Å²) >= 11 is 1.26. The van der Waals surface area contributed by atoms with Gasteiger partial charge < -0.3 is 9.40 Å². The van der Waals surface area contributed by atoms with Gasteiger partial charge in [0.25, 0.3) is 11.1 Å². The minimum Gasteiger partial charge on any atom is -0.411 e. The highest BCUT2D eigenvalue weighted by Gasteiger charge is 2.16. The van der Waals surface area contributed by atoms with Gasteiger partial charge in [-0.2, -0.15) is 0 Å². The molecule has 0 unspecified atom stereocenters. The van der Waals surface area contributed by atoms with E-state index in [1.54, 1.807) is 0 Å². The summed E-state index contributed by atoms with van der Waals surface area (Å²) in [6.07, 6.45) is 1.86. The molecule has 1 N–H and O–H groups in total. The molecular weight excluding hydrogens is 346 g/mol. The average Bonchev–Trinajstić information content (AvgIpc) is 3.28. The summed E-state index contributed by atoms with van der Waals surface area (Å²) in [5.41, 5.74) is 4.67. The molecule has 0 saturated carbocycles. The zero-order valence-corrected chi connectivity index (χ0v) is 15.3. The number of aromatic nitrogens is 3. The molecule has 2 aromatic carbocycles. The fraction of sp³-hybridized carbons (Fsp3) is 0.150. The monoisotopic (exact) mass is 363 g/mol. The van der Waals surface area contributed by atoms with Gasteiger partial charge in [0, 0.05) is 22.7 Å². The summed E-state index contributed by atoms with van der Waals surface area (Å²) < 4.78 is 5.74. The van der Waals surface area contributed by atoms with Gasteiger partial charge in [0.2, 0.25) is 0 Å². The number of aryl methyl sites for hydroxylation is 2. The molecule has 0 spiro atoms. The maximum absolute atomic E-state index is 12.5. The highest BCUT2D eigenvalue weighted by molar-refractivity contribution is 7.99.